The standard InChI is InChI=1S/C34H40F3N5O2/c1-2-19-5-3-6-20-11-24(43)12-25(27(19)20)30-28(36)31-26(14-38-30)32(41-16-22-7-8-23(17-41)39-22)29(37)33(40-31)44-18-34-9-4-10-42(34)15-21(35)13-34/h11-12,14,19,21-23,39,43H,2-10,13,15-18H2,1H3/t19?,21-,22-,23+,34+/m1/s1. The van der Waals surface area contributed by atoms with Gasteiger partial charge in [0.2, 0.25) is 5.82 Å². The van der Waals surface area contributed by atoms with E-state index in [1.807, 2.05) is 4.90 Å². The molecule has 6 heterocycles. The second kappa shape index (κ2) is 10.8. The molecular formula is C34H40F3N5O2. The molecule has 1 aromatic carbocycles. The summed E-state index contributed by atoms with van der Waals surface area (Å²) in [6, 6.07) is 3.84. The van der Waals surface area contributed by atoms with Crippen LogP contribution in [0.15, 0.2) is 18.3 Å². The molecule has 7 nitrogen and oxygen atoms in total. The van der Waals surface area contributed by atoms with Gasteiger partial charge in [0.05, 0.1) is 11.2 Å². The van der Waals surface area contributed by atoms with Gasteiger partial charge in [0, 0.05) is 55.3 Å². The second-order valence-electron chi connectivity index (χ2n) is 13.7. The number of piperazine rings is 1. The van der Waals surface area contributed by atoms with Gasteiger partial charge < -0.3 is 20.1 Å². The van der Waals surface area contributed by atoms with Crippen LogP contribution in [-0.2, 0) is 6.42 Å². The average molecular weight is 608 g/mol. The molecule has 2 aromatic heterocycles. The van der Waals surface area contributed by atoms with E-state index in [2.05, 4.69) is 27.1 Å². The first-order valence-electron chi connectivity index (χ1n) is 16.4. The van der Waals surface area contributed by atoms with Crippen LogP contribution < -0.4 is 15.0 Å². The van der Waals surface area contributed by atoms with Gasteiger partial charge in [-0.2, -0.15) is 4.39 Å². The largest absolute Gasteiger partial charge is 0.508 e. The quantitative estimate of drug-likeness (QED) is 0.356. The van der Waals surface area contributed by atoms with E-state index in [4.69, 9.17) is 4.74 Å². The van der Waals surface area contributed by atoms with Crippen LogP contribution in [0.3, 0.4) is 0 Å². The summed E-state index contributed by atoms with van der Waals surface area (Å²) in [6.45, 7) is 4.57. The maximum atomic E-state index is 16.8. The topological polar surface area (TPSA) is 73.8 Å². The molecule has 0 saturated carbocycles. The number of halogens is 3. The van der Waals surface area contributed by atoms with Gasteiger partial charge in [-0.25, -0.2) is 13.8 Å². The molecule has 0 radical (unpaired) electrons. The Morgan fingerprint density at radius 2 is 1.91 bits per heavy atom. The molecule has 10 heteroatoms. The lowest BCUT2D eigenvalue weighted by Gasteiger charge is -2.36. The van der Waals surface area contributed by atoms with Crippen LogP contribution in [0.1, 0.15) is 75.3 Å². The summed E-state index contributed by atoms with van der Waals surface area (Å²) in [5.41, 5.74) is 2.51. The number of hydrogen-bond acceptors (Lipinski definition) is 7. The van der Waals surface area contributed by atoms with Gasteiger partial charge in [0.25, 0.3) is 5.88 Å². The molecule has 4 aliphatic heterocycles. The number of phenolic OH excluding ortho intramolecular Hbond substituents is 1. The Kier molecular flexibility index (Phi) is 6.94. The molecule has 2 bridgehead atoms. The number of aromatic hydroxyl groups is 1. The number of aromatic nitrogens is 2. The summed E-state index contributed by atoms with van der Waals surface area (Å²) in [4.78, 5) is 13.2. The molecule has 44 heavy (non-hydrogen) atoms. The number of nitrogens with zero attached hydrogens (tertiary/aromatic N) is 4. The first kappa shape index (κ1) is 28.4. The van der Waals surface area contributed by atoms with Crippen molar-refractivity contribution in [3.8, 4) is 22.9 Å². The zero-order chi connectivity index (χ0) is 30.2. The Morgan fingerprint density at radius 3 is 2.70 bits per heavy atom. The van der Waals surface area contributed by atoms with Gasteiger partial charge in [-0.05, 0) is 87.1 Å². The van der Waals surface area contributed by atoms with E-state index in [9.17, 15) is 9.50 Å². The first-order valence-corrected chi connectivity index (χ1v) is 16.4. The summed E-state index contributed by atoms with van der Waals surface area (Å²) in [5.74, 6) is -1.21. The minimum absolute atomic E-state index is 0.00352. The summed E-state index contributed by atoms with van der Waals surface area (Å²) >= 11 is 0. The highest BCUT2D eigenvalue weighted by atomic mass is 19.1. The van der Waals surface area contributed by atoms with Crippen LogP contribution in [0.4, 0.5) is 18.9 Å². The van der Waals surface area contributed by atoms with Crippen molar-refractivity contribution in [3.63, 3.8) is 0 Å². The van der Waals surface area contributed by atoms with Gasteiger partial charge in [0.15, 0.2) is 5.82 Å². The molecule has 4 saturated heterocycles. The lowest BCUT2D eigenvalue weighted by molar-refractivity contribution is 0.108. The molecule has 0 spiro atoms. The number of pyridine rings is 2. The van der Waals surface area contributed by atoms with Crippen molar-refractivity contribution in [2.24, 2.45) is 0 Å². The Balaban J connectivity index is 1.27. The zero-order valence-corrected chi connectivity index (χ0v) is 25.2. The van der Waals surface area contributed by atoms with Crippen LogP contribution in [0.25, 0.3) is 22.2 Å². The minimum atomic E-state index is -0.938. The van der Waals surface area contributed by atoms with Gasteiger partial charge >= 0.3 is 0 Å². The van der Waals surface area contributed by atoms with E-state index in [-0.39, 0.29) is 53.1 Å². The van der Waals surface area contributed by atoms with Crippen molar-refractivity contribution in [3.05, 3.63) is 41.1 Å². The third-order valence-corrected chi connectivity index (χ3v) is 11.0. The van der Waals surface area contributed by atoms with Crippen molar-refractivity contribution in [2.45, 2.75) is 94.4 Å². The zero-order valence-electron chi connectivity index (χ0n) is 25.2. The van der Waals surface area contributed by atoms with Crippen LogP contribution in [0.2, 0.25) is 0 Å². The van der Waals surface area contributed by atoms with E-state index in [1.165, 1.54) is 6.20 Å². The maximum Gasteiger partial charge on any atom is 0.253 e. The Labute approximate surface area is 255 Å². The fourth-order valence-electron chi connectivity index (χ4n) is 9.03. The number of aryl methyl sites for hydroxylation is 1. The van der Waals surface area contributed by atoms with Crippen molar-refractivity contribution in [1.29, 1.82) is 0 Å². The molecule has 8 rings (SSSR count). The summed E-state index contributed by atoms with van der Waals surface area (Å²) in [5, 5.41) is 14.5. The lowest BCUT2D eigenvalue weighted by atomic mass is 9.78. The predicted octanol–water partition coefficient (Wildman–Crippen LogP) is 6.01. The summed E-state index contributed by atoms with van der Waals surface area (Å²) in [6.07, 6.45) is 8.41. The van der Waals surface area contributed by atoms with Crippen LogP contribution >= 0.6 is 0 Å². The smallest absolute Gasteiger partial charge is 0.253 e. The number of ether oxygens (including phenoxy) is 1. The highest BCUT2D eigenvalue weighted by Gasteiger charge is 2.49. The number of anilines is 1. The molecule has 5 atom stereocenters. The molecule has 5 aliphatic rings. The highest BCUT2D eigenvalue weighted by molar-refractivity contribution is 5.95. The van der Waals surface area contributed by atoms with E-state index < -0.39 is 23.3 Å². The van der Waals surface area contributed by atoms with Gasteiger partial charge in [-0.3, -0.25) is 9.88 Å². The number of nitrogens with one attached hydrogen (secondary N) is 1. The third-order valence-electron chi connectivity index (χ3n) is 11.0. The number of fused-ring (bicyclic) bond motifs is 5. The van der Waals surface area contributed by atoms with Crippen LogP contribution in [0.5, 0.6) is 11.6 Å². The average Bonchev–Trinajstić information content (AvgIpc) is 3.65. The Bertz CT molecular complexity index is 1610. The highest BCUT2D eigenvalue weighted by Crippen LogP contribution is 2.45. The number of phenols is 1. The SMILES string of the molecule is CCC1CCCc2cc(O)cc(-c3ncc4c(N5C[C@H]6CC[C@@H](C5)N6)c(F)c(OC[C@@]56CCCN5C[C@H](F)C6)nc4c3F)c21. The molecule has 234 valence electrons. The number of rotatable bonds is 6. The lowest BCUT2D eigenvalue weighted by Crippen LogP contribution is -2.51. The number of benzene rings is 1. The second-order valence-corrected chi connectivity index (χ2v) is 13.7. The van der Waals surface area contributed by atoms with Crippen molar-refractivity contribution in [1.82, 2.24) is 20.2 Å². The fourth-order valence-corrected chi connectivity index (χ4v) is 9.03. The molecule has 1 unspecified atom stereocenters. The predicted molar refractivity (Wildman–Crippen MR) is 163 cm³/mol. The van der Waals surface area contributed by atoms with Crippen molar-refractivity contribution >= 4 is 16.6 Å². The Hall–Kier alpha value is -3.11. The summed E-state index contributed by atoms with van der Waals surface area (Å²) < 4.78 is 54.0. The molecule has 2 N–H and O–H groups in total. The maximum absolute atomic E-state index is 16.8. The molecule has 0 amide bonds. The number of hydrogen-bond donors (Lipinski definition) is 2. The molecular weight excluding hydrogens is 567 g/mol. The van der Waals surface area contributed by atoms with Crippen molar-refractivity contribution < 1.29 is 23.0 Å². The van der Waals surface area contributed by atoms with E-state index in [0.717, 1.165) is 69.0 Å². The van der Waals surface area contributed by atoms with Gasteiger partial charge in [-0.1, -0.05) is 6.92 Å². The van der Waals surface area contributed by atoms with Gasteiger partial charge in [0.1, 0.15) is 29.7 Å². The minimum Gasteiger partial charge on any atom is -0.508 e. The van der Waals surface area contributed by atoms with E-state index in [0.29, 0.717) is 37.0 Å². The third kappa shape index (κ3) is 4.54. The van der Waals surface area contributed by atoms with Gasteiger partial charge in [-0.15, -0.1) is 0 Å². The fraction of sp³-hybridized carbons (Fsp3) is 0.588. The Morgan fingerprint density at radius 1 is 1.09 bits per heavy atom. The number of alkyl halides is 1. The van der Waals surface area contributed by atoms with Crippen LogP contribution in [-0.4, -0.2) is 76.6 Å². The van der Waals surface area contributed by atoms with E-state index >= 15 is 8.78 Å². The first-order chi connectivity index (χ1) is 21.3. The van der Waals surface area contributed by atoms with Crippen LogP contribution in [0, 0.1) is 11.6 Å². The van der Waals surface area contributed by atoms with E-state index in [1.54, 1.807) is 12.1 Å². The monoisotopic (exact) mass is 607 g/mol. The molecule has 3 aromatic rings. The molecule has 1 aliphatic carbocycles. The normalized spacial score (nSPS) is 29.8. The summed E-state index contributed by atoms with van der Waals surface area (Å²) in [7, 11) is 0. The molecule has 4 fully saturated rings. The van der Waals surface area contributed by atoms with Crippen molar-refractivity contribution in [2.75, 3.05) is 37.7 Å².